The third-order valence-electron chi connectivity index (χ3n) is 4.74. The Hall–Kier alpha value is -3.03. The average Bonchev–Trinajstić information content (AvgIpc) is 3.05. The van der Waals surface area contributed by atoms with Crippen LogP contribution < -0.4 is 0 Å². The maximum absolute atomic E-state index is 6.09. The van der Waals surface area contributed by atoms with Crippen LogP contribution in [0.25, 0.3) is 44.2 Å². The average molecular weight is 355 g/mol. The summed E-state index contributed by atoms with van der Waals surface area (Å²) in [6.45, 7) is 0. The Kier molecular flexibility index (Phi) is 3.55. The molecule has 2 heteroatoms. The lowest BCUT2D eigenvalue weighted by atomic mass is 9.98. The van der Waals surface area contributed by atoms with E-state index in [0.717, 1.165) is 27.5 Å². The highest BCUT2D eigenvalue weighted by Crippen LogP contribution is 2.34. The van der Waals surface area contributed by atoms with E-state index in [1.807, 2.05) is 24.3 Å². The number of rotatable bonds is 2. The lowest BCUT2D eigenvalue weighted by Crippen LogP contribution is -1.81. The van der Waals surface area contributed by atoms with E-state index in [2.05, 4.69) is 66.7 Å². The van der Waals surface area contributed by atoms with Crippen molar-refractivity contribution < 1.29 is 4.42 Å². The molecule has 0 saturated carbocycles. The van der Waals surface area contributed by atoms with Gasteiger partial charge in [-0.3, -0.25) is 0 Å². The van der Waals surface area contributed by atoms with Crippen molar-refractivity contribution in [2.45, 2.75) is 0 Å². The number of hydrogen-bond acceptors (Lipinski definition) is 1. The van der Waals surface area contributed by atoms with Gasteiger partial charge in [-0.25, -0.2) is 0 Å². The number of furan rings is 1. The first-order valence-electron chi connectivity index (χ1n) is 8.56. The second-order valence-electron chi connectivity index (χ2n) is 6.40. The number of benzene rings is 4. The first-order valence-corrected chi connectivity index (χ1v) is 8.93. The van der Waals surface area contributed by atoms with Crippen molar-refractivity contribution in [3.05, 3.63) is 96.0 Å². The third-order valence-corrected chi connectivity index (χ3v) is 4.97. The molecule has 0 N–H and O–H groups in total. The fourth-order valence-corrected chi connectivity index (χ4v) is 3.60. The van der Waals surface area contributed by atoms with Crippen molar-refractivity contribution in [3.63, 3.8) is 0 Å². The second kappa shape index (κ2) is 6.05. The predicted octanol–water partition coefficient (Wildman–Crippen LogP) is 7.57. The van der Waals surface area contributed by atoms with Crippen molar-refractivity contribution in [1.82, 2.24) is 0 Å². The number of halogens is 1. The van der Waals surface area contributed by atoms with Gasteiger partial charge in [0.15, 0.2) is 0 Å². The Morgan fingerprint density at radius 2 is 1.12 bits per heavy atom. The Bertz CT molecular complexity index is 1240. The summed E-state index contributed by atoms with van der Waals surface area (Å²) in [4.78, 5) is 0. The van der Waals surface area contributed by atoms with E-state index >= 15 is 0 Å². The zero-order valence-corrected chi connectivity index (χ0v) is 14.7. The highest BCUT2D eigenvalue weighted by atomic mass is 35.5. The third kappa shape index (κ3) is 2.58. The molecular formula is C24H15ClO. The monoisotopic (exact) mass is 354 g/mol. The molecule has 0 atom stereocenters. The van der Waals surface area contributed by atoms with Crippen LogP contribution in [0.1, 0.15) is 0 Å². The Balaban J connectivity index is 1.64. The van der Waals surface area contributed by atoms with Gasteiger partial charge in [-0.1, -0.05) is 66.2 Å². The van der Waals surface area contributed by atoms with Crippen molar-refractivity contribution in [3.8, 4) is 22.3 Å². The van der Waals surface area contributed by atoms with E-state index in [-0.39, 0.29) is 0 Å². The van der Waals surface area contributed by atoms with Crippen molar-refractivity contribution in [2.75, 3.05) is 0 Å². The molecule has 0 aliphatic heterocycles. The molecule has 0 amide bonds. The normalized spacial score (nSPS) is 11.3. The molecule has 4 aromatic carbocycles. The van der Waals surface area contributed by atoms with Crippen LogP contribution in [0, 0.1) is 0 Å². The molecule has 0 radical (unpaired) electrons. The molecule has 26 heavy (non-hydrogen) atoms. The van der Waals surface area contributed by atoms with Gasteiger partial charge in [0, 0.05) is 21.9 Å². The summed E-state index contributed by atoms with van der Waals surface area (Å²) in [6.07, 6.45) is 0. The summed E-state index contributed by atoms with van der Waals surface area (Å²) >= 11 is 6.09. The summed E-state index contributed by atoms with van der Waals surface area (Å²) in [5.41, 5.74) is 6.44. The zero-order chi connectivity index (χ0) is 17.5. The van der Waals surface area contributed by atoms with E-state index in [9.17, 15) is 0 Å². The molecule has 5 rings (SSSR count). The first kappa shape index (κ1) is 15.2. The molecular weight excluding hydrogens is 340 g/mol. The van der Waals surface area contributed by atoms with Gasteiger partial charge in [-0.05, 0) is 52.6 Å². The SMILES string of the molecule is Clc1ccc2c(c1)oc1cc(-c3cccc(-c4ccccc4)c3)ccc12. The van der Waals surface area contributed by atoms with Crippen LogP contribution in [0.3, 0.4) is 0 Å². The first-order chi connectivity index (χ1) is 12.8. The molecule has 0 bridgehead atoms. The van der Waals surface area contributed by atoms with Gasteiger partial charge >= 0.3 is 0 Å². The van der Waals surface area contributed by atoms with Gasteiger partial charge in [0.05, 0.1) is 0 Å². The van der Waals surface area contributed by atoms with Crippen LogP contribution in [0.5, 0.6) is 0 Å². The van der Waals surface area contributed by atoms with Gasteiger partial charge < -0.3 is 4.42 Å². The molecule has 0 aliphatic rings. The largest absolute Gasteiger partial charge is 0.456 e. The highest BCUT2D eigenvalue weighted by Gasteiger charge is 2.09. The van der Waals surface area contributed by atoms with Gasteiger partial charge in [-0.2, -0.15) is 0 Å². The number of hydrogen-bond donors (Lipinski definition) is 0. The van der Waals surface area contributed by atoms with Crippen LogP contribution >= 0.6 is 11.6 Å². The molecule has 124 valence electrons. The molecule has 1 nitrogen and oxygen atoms in total. The van der Waals surface area contributed by atoms with Crippen LogP contribution in [-0.4, -0.2) is 0 Å². The molecule has 0 spiro atoms. The lowest BCUT2D eigenvalue weighted by molar-refractivity contribution is 0.669. The van der Waals surface area contributed by atoms with Crippen LogP contribution in [0.15, 0.2) is 95.4 Å². The minimum atomic E-state index is 0.687. The summed E-state index contributed by atoms with van der Waals surface area (Å²) in [7, 11) is 0. The van der Waals surface area contributed by atoms with E-state index in [4.69, 9.17) is 16.0 Å². The van der Waals surface area contributed by atoms with Crippen molar-refractivity contribution in [1.29, 1.82) is 0 Å². The minimum absolute atomic E-state index is 0.687. The van der Waals surface area contributed by atoms with Gasteiger partial charge in [0.2, 0.25) is 0 Å². The Labute approximate surface area is 156 Å². The summed E-state index contributed by atoms with van der Waals surface area (Å²) in [5.74, 6) is 0. The molecule has 0 fully saturated rings. The fraction of sp³-hybridized carbons (Fsp3) is 0. The zero-order valence-electron chi connectivity index (χ0n) is 13.9. The fourth-order valence-electron chi connectivity index (χ4n) is 3.44. The van der Waals surface area contributed by atoms with Gasteiger partial charge in [0.1, 0.15) is 11.2 Å². The summed E-state index contributed by atoms with van der Waals surface area (Å²) in [5, 5.41) is 2.89. The molecule has 0 aliphatic carbocycles. The summed E-state index contributed by atoms with van der Waals surface area (Å²) < 4.78 is 6.03. The molecule has 1 heterocycles. The van der Waals surface area contributed by atoms with E-state index in [1.54, 1.807) is 0 Å². The van der Waals surface area contributed by atoms with Crippen LogP contribution in [0.4, 0.5) is 0 Å². The van der Waals surface area contributed by atoms with Crippen LogP contribution in [0.2, 0.25) is 5.02 Å². The molecule has 0 saturated heterocycles. The standard InChI is InChI=1S/C24H15ClO/c25-20-10-12-22-21-11-9-19(14-23(21)26-24(22)15-20)18-8-4-7-17(13-18)16-5-2-1-3-6-16/h1-15H. The summed E-state index contributed by atoms with van der Waals surface area (Å²) in [6, 6.07) is 31.2. The number of fused-ring (bicyclic) bond motifs is 3. The maximum atomic E-state index is 6.09. The predicted molar refractivity (Wildman–Crippen MR) is 110 cm³/mol. The lowest BCUT2D eigenvalue weighted by Gasteiger charge is -2.06. The van der Waals surface area contributed by atoms with E-state index in [1.165, 1.54) is 16.7 Å². The van der Waals surface area contributed by atoms with E-state index in [0.29, 0.717) is 5.02 Å². The Morgan fingerprint density at radius 3 is 1.92 bits per heavy atom. The second-order valence-corrected chi connectivity index (χ2v) is 6.84. The molecule has 5 aromatic rings. The molecule has 0 unspecified atom stereocenters. The van der Waals surface area contributed by atoms with Crippen molar-refractivity contribution in [2.24, 2.45) is 0 Å². The molecule has 1 aromatic heterocycles. The van der Waals surface area contributed by atoms with Gasteiger partial charge in [0.25, 0.3) is 0 Å². The quantitative estimate of drug-likeness (QED) is 0.318. The topological polar surface area (TPSA) is 13.1 Å². The van der Waals surface area contributed by atoms with Crippen molar-refractivity contribution >= 4 is 33.5 Å². The van der Waals surface area contributed by atoms with Crippen LogP contribution in [-0.2, 0) is 0 Å². The Morgan fingerprint density at radius 1 is 0.500 bits per heavy atom. The maximum Gasteiger partial charge on any atom is 0.136 e. The minimum Gasteiger partial charge on any atom is -0.456 e. The highest BCUT2D eigenvalue weighted by molar-refractivity contribution is 6.31. The van der Waals surface area contributed by atoms with Gasteiger partial charge in [-0.15, -0.1) is 0 Å². The smallest absolute Gasteiger partial charge is 0.136 e. The van der Waals surface area contributed by atoms with E-state index < -0.39 is 0 Å².